The molecule has 0 aliphatic rings. The minimum absolute atomic E-state index is 0.000949. The molecule has 30 heavy (non-hydrogen) atoms. The van der Waals surface area contributed by atoms with E-state index in [2.05, 4.69) is 12.2 Å². The molecule has 0 spiro atoms. The van der Waals surface area contributed by atoms with Crippen LogP contribution in [0, 0.1) is 5.92 Å². The van der Waals surface area contributed by atoms with E-state index in [9.17, 15) is 14.4 Å². The number of nitrogens with one attached hydrogen (secondary N) is 1. The molecule has 1 unspecified atom stereocenters. The summed E-state index contributed by atoms with van der Waals surface area (Å²) in [5, 5.41) is 3.36. The van der Waals surface area contributed by atoms with Gasteiger partial charge < -0.3 is 14.8 Å². The number of hydrogen-bond donors (Lipinski definition) is 1. The van der Waals surface area contributed by atoms with E-state index in [4.69, 9.17) is 9.47 Å². The van der Waals surface area contributed by atoms with Gasteiger partial charge in [-0.1, -0.05) is 39.0 Å². The van der Waals surface area contributed by atoms with Crippen LogP contribution in [0.25, 0.3) is 0 Å². The van der Waals surface area contributed by atoms with Crippen molar-refractivity contribution in [3.05, 3.63) is 29.8 Å². The van der Waals surface area contributed by atoms with Crippen molar-refractivity contribution in [1.82, 2.24) is 0 Å². The zero-order valence-electron chi connectivity index (χ0n) is 18.7. The van der Waals surface area contributed by atoms with Crippen LogP contribution in [0.4, 0.5) is 5.69 Å². The zero-order chi connectivity index (χ0) is 22.2. The first-order valence-electron chi connectivity index (χ1n) is 11.2. The molecule has 0 bridgehead atoms. The summed E-state index contributed by atoms with van der Waals surface area (Å²) in [6.45, 7) is 6.96. The fraction of sp³-hybridized carbons (Fsp3) is 0.625. The summed E-state index contributed by atoms with van der Waals surface area (Å²) in [5.74, 6) is -2.36. The van der Waals surface area contributed by atoms with Crippen molar-refractivity contribution in [3.63, 3.8) is 0 Å². The number of esters is 2. The molecule has 6 heteroatoms. The maximum atomic E-state index is 12.9. The lowest BCUT2D eigenvalue weighted by Gasteiger charge is -2.15. The second-order valence-corrected chi connectivity index (χ2v) is 7.28. The molecule has 0 fully saturated rings. The fourth-order valence-electron chi connectivity index (χ4n) is 3.19. The van der Waals surface area contributed by atoms with Crippen molar-refractivity contribution < 1.29 is 23.9 Å². The van der Waals surface area contributed by atoms with Gasteiger partial charge in [-0.25, -0.2) is 0 Å². The number of ketones is 1. The van der Waals surface area contributed by atoms with Crippen LogP contribution in [0.2, 0.25) is 0 Å². The molecule has 0 radical (unpaired) electrons. The number of rotatable bonds is 16. The molecule has 0 aliphatic carbocycles. The quantitative estimate of drug-likeness (QED) is 0.172. The van der Waals surface area contributed by atoms with Gasteiger partial charge in [-0.3, -0.25) is 14.4 Å². The highest BCUT2D eigenvalue weighted by atomic mass is 16.5. The summed E-state index contributed by atoms with van der Waals surface area (Å²) in [6, 6.07) is 7.11. The van der Waals surface area contributed by atoms with E-state index >= 15 is 0 Å². The molecule has 0 heterocycles. The molecule has 1 aromatic rings. The highest BCUT2D eigenvalue weighted by molar-refractivity contribution is 6.08. The second kappa shape index (κ2) is 15.5. The van der Waals surface area contributed by atoms with E-state index in [-0.39, 0.29) is 31.8 Å². The van der Waals surface area contributed by atoms with Crippen LogP contribution in [0.15, 0.2) is 24.3 Å². The van der Waals surface area contributed by atoms with Gasteiger partial charge in [0, 0.05) is 24.2 Å². The van der Waals surface area contributed by atoms with Crippen LogP contribution in [0.5, 0.6) is 0 Å². The maximum Gasteiger partial charge on any atom is 0.316 e. The molecule has 1 atom stereocenters. The zero-order valence-corrected chi connectivity index (χ0v) is 18.7. The van der Waals surface area contributed by atoms with Crippen LogP contribution in [0.1, 0.15) is 82.5 Å². The van der Waals surface area contributed by atoms with Crippen LogP contribution < -0.4 is 5.32 Å². The van der Waals surface area contributed by atoms with Crippen LogP contribution in [0.3, 0.4) is 0 Å². The molecule has 0 amide bonds. The predicted octanol–water partition coefficient (Wildman–Crippen LogP) is 5.16. The van der Waals surface area contributed by atoms with E-state index in [1.165, 1.54) is 32.1 Å². The molecule has 1 N–H and O–H groups in total. The number of hydrogen-bond acceptors (Lipinski definition) is 6. The molecule has 0 saturated heterocycles. The van der Waals surface area contributed by atoms with Crippen molar-refractivity contribution in [2.75, 3.05) is 25.1 Å². The molecule has 168 valence electrons. The van der Waals surface area contributed by atoms with Crippen LogP contribution in [-0.4, -0.2) is 37.5 Å². The van der Waals surface area contributed by atoms with Crippen LogP contribution in [-0.2, 0) is 19.1 Å². The lowest BCUT2D eigenvalue weighted by molar-refractivity contribution is -0.147. The highest BCUT2D eigenvalue weighted by Gasteiger charge is 2.29. The SMILES string of the molecule is CCCCCCCCNc1ccc(C(=O)C(CCC(=O)OCC)C(=O)OCC)cc1. The Morgan fingerprint density at radius 2 is 1.50 bits per heavy atom. The molecule has 6 nitrogen and oxygen atoms in total. The van der Waals surface area contributed by atoms with Crippen molar-refractivity contribution in [2.45, 2.75) is 72.1 Å². The average Bonchev–Trinajstić information content (AvgIpc) is 2.74. The Balaban J connectivity index is 2.60. The van der Waals surface area contributed by atoms with Gasteiger partial charge in [0.15, 0.2) is 5.78 Å². The molecule has 0 saturated carbocycles. The van der Waals surface area contributed by atoms with E-state index in [0.29, 0.717) is 5.56 Å². The Hall–Kier alpha value is -2.37. The number of anilines is 1. The lowest BCUT2D eigenvalue weighted by Crippen LogP contribution is -2.27. The van der Waals surface area contributed by atoms with Gasteiger partial charge in [-0.15, -0.1) is 0 Å². The Labute approximate surface area is 180 Å². The van der Waals surface area contributed by atoms with Gasteiger partial charge in [0.1, 0.15) is 5.92 Å². The Kier molecular flexibility index (Phi) is 13.2. The monoisotopic (exact) mass is 419 g/mol. The molecular formula is C24H37NO5. The van der Waals surface area contributed by atoms with Crippen molar-refractivity contribution in [2.24, 2.45) is 5.92 Å². The second-order valence-electron chi connectivity index (χ2n) is 7.28. The third-order valence-corrected chi connectivity index (χ3v) is 4.86. The number of benzene rings is 1. The Morgan fingerprint density at radius 1 is 0.867 bits per heavy atom. The van der Waals surface area contributed by atoms with Crippen molar-refractivity contribution >= 4 is 23.4 Å². The third-order valence-electron chi connectivity index (χ3n) is 4.86. The van der Waals surface area contributed by atoms with Crippen molar-refractivity contribution in [3.8, 4) is 0 Å². The largest absolute Gasteiger partial charge is 0.466 e. The molecule has 0 aliphatic heterocycles. The first-order chi connectivity index (χ1) is 14.5. The van der Waals surface area contributed by atoms with Gasteiger partial charge in [-0.2, -0.15) is 0 Å². The average molecular weight is 420 g/mol. The fourth-order valence-corrected chi connectivity index (χ4v) is 3.19. The Morgan fingerprint density at radius 3 is 2.13 bits per heavy atom. The summed E-state index contributed by atoms with van der Waals surface area (Å²) in [4.78, 5) is 36.7. The van der Waals surface area contributed by atoms with E-state index in [0.717, 1.165) is 18.7 Å². The molecular weight excluding hydrogens is 382 g/mol. The maximum absolute atomic E-state index is 12.9. The molecule has 1 rings (SSSR count). The number of unbranched alkanes of at least 4 members (excludes halogenated alkanes) is 5. The number of carbonyl (C=O) groups is 3. The normalized spacial score (nSPS) is 11.6. The summed E-state index contributed by atoms with van der Waals surface area (Å²) in [5.41, 5.74) is 1.38. The lowest BCUT2D eigenvalue weighted by atomic mass is 9.93. The molecule has 1 aromatic carbocycles. The summed E-state index contributed by atoms with van der Waals surface area (Å²) >= 11 is 0. The van der Waals surface area contributed by atoms with Gasteiger partial charge in [0.2, 0.25) is 0 Å². The van der Waals surface area contributed by atoms with Gasteiger partial charge >= 0.3 is 11.9 Å². The third kappa shape index (κ3) is 9.90. The summed E-state index contributed by atoms with van der Waals surface area (Å²) in [7, 11) is 0. The predicted molar refractivity (Wildman–Crippen MR) is 119 cm³/mol. The van der Waals surface area contributed by atoms with E-state index in [1.807, 2.05) is 12.1 Å². The standard InChI is InChI=1S/C24H37NO5/c1-4-7-8-9-10-11-18-25-20-14-12-19(13-15-20)23(27)21(24(28)30-6-3)16-17-22(26)29-5-2/h12-15,21,25H,4-11,16-18H2,1-3H3. The van der Waals surface area contributed by atoms with Crippen LogP contribution >= 0.6 is 0 Å². The number of Topliss-reactive ketones (excluding diaryl/α,β-unsaturated/α-hetero) is 1. The van der Waals surface area contributed by atoms with Gasteiger partial charge in [0.25, 0.3) is 0 Å². The van der Waals surface area contributed by atoms with Crippen molar-refractivity contribution in [1.29, 1.82) is 0 Å². The topological polar surface area (TPSA) is 81.7 Å². The van der Waals surface area contributed by atoms with E-state index in [1.54, 1.807) is 26.0 Å². The van der Waals surface area contributed by atoms with E-state index < -0.39 is 17.9 Å². The van der Waals surface area contributed by atoms with Gasteiger partial charge in [-0.05, 0) is 51.0 Å². The molecule has 0 aromatic heterocycles. The first kappa shape index (κ1) is 25.7. The minimum atomic E-state index is -1.00. The number of ether oxygens (including phenoxy) is 2. The van der Waals surface area contributed by atoms with Gasteiger partial charge in [0.05, 0.1) is 13.2 Å². The smallest absolute Gasteiger partial charge is 0.316 e. The Bertz CT molecular complexity index is 642. The minimum Gasteiger partial charge on any atom is -0.466 e. The summed E-state index contributed by atoms with van der Waals surface area (Å²) in [6.07, 6.45) is 7.53. The number of carbonyl (C=O) groups excluding carboxylic acids is 3. The highest BCUT2D eigenvalue weighted by Crippen LogP contribution is 2.19. The summed E-state index contributed by atoms with van der Waals surface area (Å²) < 4.78 is 9.94. The first-order valence-corrected chi connectivity index (χ1v) is 11.2.